The third-order valence-corrected chi connectivity index (χ3v) is 4.19. The van der Waals surface area contributed by atoms with E-state index in [2.05, 4.69) is 10.1 Å². The van der Waals surface area contributed by atoms with Crippen molar-refractivity contribution in [3.05, 3.63) is 59.2 Å². The standard InChI is InChI=1S/C19H18F2N2O3/c1-12(24)23-8-7-14-10-15(5-6-17(14)23)18(25)22-11-13-3-2-4-16(9-13)26-19(20)21/h2-6,9-10,19H,7-8,11H2,1H3,(H,22,25). The number of nitrogens with one attached hydrogen (secondary N) is 1. The summed E-state index contributed by atoms with van der Waals surface area (Å²) in [7, 11) is 0. The average molecular weight is 360 g/mol. The molecule has 26 heavy (non-hydrogen) atoms. The molecule has 2 aromatic rings. The van der Waals surface area contributed by atoms with Crippen LogP contribution in [0.3, 0.4) is 0 Å². The summed E-state index contributed by atoms with van der Waals surface area (Å²) in [6, 6.07) is 11.4. The maximum atomic E-state index is 12.4. The largest absolute Gasteiger partial charge is 0.435 e. The molecule has 0 radical (unpaired) electrons. The summed E-state index contributed by atoms with van der Waals surface area (Å²) < 4.78 is 28.9. The number of hydrogen-bond donors (Lipinski definition) is 1. The highest BCUT2D eigenvalue weighted by Crippen LogP contribution is 2.28. The fraction of sp³-hybridized carbons (Fsp3) is 0.263. The van der Waals surface area contributed by atoms with E-state index in [0.29, 0.717) is 24.1 Å². The van der Waals surface area contributed by atoms with E-state index >= 15 is 0 Å². The molecule has 0 saturated carbocycles. The summed E-state index contributed by atoms with van der Waals surface area (Å²) in [4.78, 5) is 25.6. The summed E-state index contributed by atoms with van der Waals surface area (Å²) in [5, 5.41) is 2.76. The molecular formula is C19H18F2N2O3. The molecule has 2 amide bonds. The van der Waals surface area contributed by atoms with E-state index in [4.69, 9.17) is 0 Å². The molecular weight excluding hydrogens is 342 g/mol. The first-order chi connectivity index (χ1) is 12.4. The number of carbonyl (C=O) groups excluding carboxylic acids is 2. The Kier molecular flexibility index (Phi) is 5.16. The summed E-state index contributed by atoms with van der Waals surface area (Å²) in [6.45, 7) is -0.565. The Morgan fingerprint density at radius 2 is 2.04 bits per heavy atom. The third-order valence-electron chi connectivity index (χ3n) is 4.19. The van der Waals surface area contributed by atoms with Gasteiger partial charge in [-0.15, -0.1) is 0 Å². The van der Waals surface area contributed by atoms with Crippen molar-refractivity contribution in [2.45, 2.75) is 26.5 Å². The number of fused-ring (bicyclic) bond motifs is 1. The molecule has 136 valence electrons. The second-order valence-electron chi connectivity index (χ2n) is 5.97. The topological polar surface area (TPSA) is 58.6 Å². The van der Waals surface area contributed by atoms with Crippen LogP contribution in [0.25, 0.3) is 0 Å². The van der Waals surface area contributed by atoms with Crippen molar-refractivity contribution in [1.82, 2.24) is 5.32 Å². The van der Waals surface area contributed by atoms with Gasteiger partial charge in [-0.25, -0.2) is 0 Å². The van der Waals surface area contributed by atoms with Crippen LogP contribution in [0.1, 0.15) is 28.4 Å². The summed E-state index contributed by atoms with van der Waals surface area (Å²) in [6.07, 6.45) is 0.711. The highest BCUT2D eigenvalue weighted by Gasteiger charge is 2.23. The Bertz CT molecular complexity index is 839. The number of rotatable bonds is 5. The summed E-state index contributed by atoms with van der Waals surface area (Å²) in [5.41, 5.74) is 2.95. The number of alkyl halides is 2. The molecule has 0 aromatic heterocycles. The molecule has 1 N–H and O–H groups in total. The third kappa shape index (κ3) is 3.99. The number of amides is 2. The number of carbonyl (C=O) groups is 2. The van der Waals surface area contributed by atoms with Crippen LogP contribution in [0.5, 0.6) is 5.75 Å². The van der Waals surface area contributed by atoms with Crippen molar-refractivity contribution < 1.29 is 23.1 Å². The molecule has 1 aliphatic rings. The average Bonchev–Trinajstić information content (AvgIpc) is 3.02. The van der Waals surface area contributed by atoms with Gasteiger partial charge in [-0.3, -0.25) is 9.59 Å². The molecule has 0 fully saturated rings. The fourth-order valence-electron chi connectivity index (χ4n) is 2.99. The van der Waals surface area contributed by atoms with Crippen molar-refractivity contribution in [2.24, 2.45) is 0 Å². The highest BCUT2D eigenvalue weighted by molar-refractivity contribution is 5.97. The van der Waals surface area contributed by atoms with E-state index in [-0.39, 0.29) is 24.1 Å². The van der Waals surface area contributed by atoms with Crippen LogP contribution >= 0.6 is 0 Å². The van der Waals surface area contributed by atoms with Gasteiger partial charge in [0, 0.05) is 31.3 Å². The molecule has 3 rings (SSSR count). The van der Waals surface area contributed by atoms with Gasteiger partial charge < -0.3 is 15.0 Å². The van der Waals surface area contributed by atoms with E-state index in [1.54, 1.807) is 35.2 Å². The van der Waals surface area contributed by atoms with E-state index in [0.717, 1.165) is 11.3 Å². The number of halogens is 2. The van der Waals surface area contributed by atoms with Gasteiger partial charge in [0.05, 0.1) is 0 Å². The van der Waals surface area contributed by atoms with Crippen molar-refractivity contribution in [3.8, 4) is 5.75 Å². The van der Waals surface area contributed by atoms with Gasteiger partial charge in [0.15, 0.2) is 0 Å². The zero-order valence-electron chi connectivity index (χ0n) is 14.2. The van der Waals surface area contributed by atoms with Crippen LogP contribution in [0.15, 0.2) is 42.5 Å². The van der Waals surface area contributed by atoms with Crippen LogP contribution in [0.2, 0.25) is 0 Å². The minimum atomic E-state index is -2.89. The zero-order valence-corrected chi connectivity index (χ0v) is 14.2. The Morgan fingerprint density at radius 1 is 1.23 bits per heavy atom. The smallest absolute Gasteiger partial charge is 0.387 e. The van der Waals surface area contributed by atoms with Crippen LogP contribution in [-0.4, -0.2) is 25.0 Å². The number of anilines is 1. The number of benzene rings is 2. The molecule has 1 aliphatic heterocycles. The van der Waals surface area contributed by atoms with E-state index < -0.39 is 6.61 Å². The first-order valence-electron chi connectivity index (χ1n) is 8.17. The molecule has 0 saturated heterocycles. The van der Waals surface area contributed by atoms with E-state index in [1.165, 1.54) is 19.1 Å². The lowest BCUT2D eigenvalue weighted by Crippen LogP contribution is -2.26. The quantitative estimate of drug-likeness (QED) is 0.891. The number of hydrogen-bond acceptors (Lipinski definition) is 3. The first-order valence-corrected chi connectivity index (χ1v) is 8.17. The van der Waals surface area contributed by atoms with Gasteiger partial charge in [0.25, 0.3) is 5.91 Å². The number of nitrogens with zero attached hydrogens (tertiary/aromatic N) is 1. The minimum absolute atomic E-state index is 0.0214. The normalized spacial score (nSPS) is 12.8. The van der Waals surface area contributed by atoms with Gasteiger partial charge in [0.1, 0.15) is 5.75 Å². The lowest BCUT2D eigenvalue weighted by atomic mass is 10.1. The van der Waals surface area contributed by atoms with Crippen molar-refractivity contribution >= 4 is 17.5 Å². The van der Waals surface area contributed by atoms with Gasteiger partial charge in [-0.05, 0) is 47.9 Å². The van der Waals surface area contributed by atoms with Gasteiger partial charge in [0.2, 0.25) is 5.91 Å². The van der Waals surface area contributed by atoms with Crippen LogP contribution in [0, 0.1) is 0 Å². The van der Waals surface area contributed by atoms with Gasteiger partial charge in [-0.1, -0.05) is 12.1 Å². The monoisotopic (exact) mass is 360 g/mol. The molecule has 2 aromatic carbocycles. The lowest BCUT2D eigenvalue weighted by molar-refractivity contribution is -0.116. The Labute approximate surface area is 149 Å². The van der Waals surface area contributed by atoms with Gasteiger partial charge >= 0.3 is 6.61 Å². The van der Waals surface area contributed by atoms with E-state index in [9.17, 15) is 18.4 Å². The van der Waals surface area contributed by atoms with Crippen molar-refractivity contribution in [2.75, 3.05) is 11.4 Å². The molecule has 5 nitrogen and oxygen atoms in total. The van der Waals surface area contributed by atoms with Crippen molar-refractivity contribution in [3.63, 3.8) is 0 Å². The SMILES string of the molecule is CC(=O)N1CCc2cc(C(=O)NCc3cccc(OC(F)F)c3)ccc21. The zero-order chi connectivity index (χ0) is 18.7. The van der Waals surface area contributed by atoms with Crippen LogP contribution in [0.4, 0.5) is 14.5 Å². The second kappa shape index (κ2) is 7.51. The summed E-state index contributed by atoms with van der Waals surface area (Å²) >= 11 is 0. The summed E-state index contributed by atoms with van der Waals surface area (Å²) in [5.74, 6) is -0.241. The predicted octanol–water partition coefficient (Wildman–Crippen LogP) is 3.13. The molecule has 0 aliphatic carbocycles. The molecule has 1 heterocycles. The van der Waals surface area contributed by atoms with Crippen molar-refractivity contribution in [1.29, 1.82) is 0 Å². The molecule has 0 spiro atoms. The predicted molar refractivity (Wildman–Crippen MR) is 92.4 cm³/mol. The second-order valence-corrected chi connectivity index (χ2v) is 5.97. The molecule has 7 heteroatoms. The van der Waals surface area contributed by atoms with E-state index in [1.807, 2.05) is 0 Å². The maximum Gasteiger partial charge on any atom is 0.387 e. The maximum absolute atomic E-state index is 12.4. The lowest BCUT2D eigenvalue weighted by Gasteiger charge is -2.15. The molecule has 0 bridgehead atoms. The van der Waals surface area contributed by atoms with Crippen LogP contribution in [-0.2, 0) is 17.8 Å². The minimum Gasteiger partial charge on any atom is -0.435 e. The number of ether oxygens (including phenoxy) is 1. The van der Waals surface area contributed by atoms with Gasteiger partial charge in [-0.2, -0.15) is 8.78 Å². The Morgan fingerprint density at radius 3 is 2.77 bits per heavy atom. The highest BCUT2D eigenvalue weighted by atomic mass is 19.3. The molecule has 0 atom stereocenters. The first kappa shape index (κ1) is 17.8. The Hall–Kier alpha value is -2.96. The van der Waals surface area contributed by atoms with Crippen LogP contribution < -0.4 is 15.0 Å². The fourth-order valence-corrected chi connectivity index (χ4v) is 2.99. The molecule has 0 unspecified atom stereocenters. The Balaban J connectivity index is 1.65.